The van der Waals surface area contributed by atoms with E-state index >= 15 is 0 Å². The van der Waals surface area contributed by atoms with Gasteiger partial charge in [-0.15, -0.1) is 0 Å². The minimum atomic E-state index is -4.09. The fourth-order valence-electron chi connectivity index (χ4n) is 2.19. The maximum Gasteiger partial charge on any atom is 0.513 e. The molecule has 9 nitrogen and oxygen atoms in total. The summed E-state index contributed by atoms with van der Waals surface area (Å²) in [6.45, 7) is 5.17. The molecule has 0 fully saturated rings. The maximum absolute atomic E-state index is 12.7. The Bertz CT molecular complexity index is 845. The summed E-state index contributed by atoms with van der Waals surface area (Å²) in [5.74, 6) is -0.0290. The molecule has 0 amide bonds. The molecule has 2 rings (SSSR count). The smallest absolute Gasteiger partial charge is 0.434 e. The van der Waals surface area contributed by atoms with Crippen molar-refractivity contribution in [2.45, 2.75) is 11.8 Å². The predicted molar refractivity (Wildman–Crippen MR) is 87.2 cm³/mol. The number of hydrogen-bond donors (Lipinski definition) is 0. The molecule has 134 valence electrons. The molecule has 0 spiro atoms. The van der Waals surface area contributed by atoms with Crippen molar-refractivity contribution in [1.29, 1.82) is 0 Å². The van der Waals surface area contributed by atoms with Crippen LogP contribution in [-0.4, -0.2) is 43.5 Å². The Hall–Kier alpha value is -2.72. The van der Waals surface area contributed by atoms with Crippen molar-refractivity contribution >= 4 is 21.9 Å². The number of nitrogens with zero attached hydrogens (tertiary/aromatic N) is 2. The summed E-state index contributed by atoms with van der Waals surface area (Å²) < 4.78 is 35.9. The molecular weight excluding hydrogens is 352 g/mol. The van der Waals surface area contributed by atoms with Crippen molar-refractivity contribution in [3.63, 3.8) is 0 Å². The molecule has 0 unspecified atom stereocenters. The van der Waals surface area contributed by atoms with Gasteiger partial charge in [0.15, 0.2) is 4.90 Å². The standard InChI is InChI=1S/C15H16N2O7S/c1-3-23-15(18)24-11(2)12-8-9-16(10-12)25(21,22)14-7-5-4-6-13(14)17(19)20/h4-8H,2-3,9-10H2,1H3. The van der Waals surface area contributed by atoms with Crippen molar-refractivity contribution in [2.75, 3.05) is 19.7 Å². The Morgan fingerprint density at radius 1 is 1.40 bits per heavy atom. The molecule has 1 aromatic carbocycles. The molecule has 1 aliphatic heterocycles. The lowest BCUT2D eigenvalue weighted by atomic mass is 10.2. The number of nitro benzene ring substituents is 1. The minimum Gasteiger partial charge on any atom is -0.434 e. The first-order valence-electron chi connectivity index (χ1n) is 7.23. The lowest BCUT2D eigenvalue weighted by Crippen LogP contribution is -2.30. The van der Waals surface area contributed by atoms with Crippen LogP contribution >= 0.6 is 0 Å². The highest BCUT2D eigenvalue weighted by molar-refractivity contribution is 7.89. The van der Waals surface area contributed by atoms with E-state index in [1.54, 1.807) is 6.92 Å². The minimum absolute atomic E-state index is 0.0189. The third kappa shape index (κ3) is 4.03. The molecule has 0 aromatic heterocycles. The molecule has 0 radical (unpaired) electrons. The van der Waals surface area contributed by atoms with Gasteiger partial charge in [0.05, 0.1) is 11.5 Å². The number of benzene rings is 1. The summed E-state index contributed by atoms with van der Waals surface area (Å²) in [5, 5.41) is 11.1. The van der Waals surface area contributed by atoms with Crippen LogP contribution in [0.5, 0.6) is 0 Å². The number of carbonyl (C=O) groups is 1. The van der Waals surface area contributed by atoms with Gasteiger partial charge in [-0.3, -0.25) is 10.1 Å². The molecular formula is C15H16N2O7S. The summed E-state index contributed by atoms with van der Waals surface area (Å²) in [4.78, 5) is 21.2. The fraction of sp³-hybridized carbons (Fsp3) is 0.267. The summed E-state index contributed by atoms with van der Waals surface area (Å²) in [6, 6.07) is 5.10. The van der Waals surface area contributed by atoms with E-state index in [2.05, 4.69) is 11.3 Å². The van der Waals surface area contributed by atoms with E-state index in [0.717, 1.165) is 10.4 Å². The molecule has 10 heteroatoms. The predicted octanol–water partition coefficient (Wildman–Crippen LogP) is 2.21. The van der Waals surface area contributed by atoms with Crippen molar-refractivity contribution in [3.05, 3.63) is 58.4 Å². The molecule has 0 aliphatic carbocycles. The number of rotatable bonds is 6. The number of para-hydroxylation sites is 1. The van der Waals surface area contributed by atoms with Gasteiger partial charge in [0, 0.05) is 24.7 Å². The van der Waals surface area contributed by atoms with Gasteiger partial charge in [-0.1, -0.05) is 24.8 Å². The zero-order chi connectivity index (χ0) is 18.6. The highest BCUT2D eigenvalue weighted by Crippen LogP contribution is 2.29. The van der Waals surface area contributed by atoms with Gasteiger partial charge in [-0.25, -0.2) is 13.2 Å². The zero-order valence-corrected chi connectivity index (χ0v) is 14.2. The number of nitro groups is 1. The summed E-state index contributed by atoms with van der Waals surface area (Å²) in [6.07, 6.45) is 0.585. The molecule has 1 heterocycles. The van der Waals surface area contributed by atoms with Crippen LogP contribution in [0.25, 0.3) is 0 Å². The zero-order valence-electron chi connectivity index (χ0n) is 13.4. The topological polar surface area (TPSA) is 116 Å². The third-order valence-corrected chi connectivity index (χ3v) is 5.25. The monoisotopic (exact) mass is 368 g/mol. The van der Waals surface area contributed by atoms with Gasteiger partial charge in [0.1, 0.15) is 5.76 Å². The average molecular weight is 368 g/mol. The second-order valence-electron chi connectivity index (χ2n) is 4.96. The summed E-state index contributed by atoms with van der Waals surface area (Å²) in [7, 11) is -4.09. The van der Waals surface area contributed by atoms with Gasteiger partial charge >= 0.3 is 6.16 Å². The van der Waals surface area contributed by atoms with Gasteiger partial charge in [-0.05, 0) is 13.0 Å². The first-order chi connectivity index (χ1) is 11.8. The van der Waals surface area contributed by atoms with Gasteiger partial charge < -0.3 is 9.47 Å². The van der Waals surface area contributed by atoms with E-state index in [-0.39, 0.29) is 25.5 Å². The molecule has 0 atom stereocenters. The molecule has 0 saturated heterocycles. The summed E-state index contributed by atoms with van der Waals surface area (Å²) >= 11 is 0. The molecule has 1 aliphatic rings. The first kappa shape index (κ1) is 18.6. The van der Waals surface area contributed by atoms with Crippen LogP contribution in [-0.2, 0) is 19.5 Å². The van der Waals surface area contributed by atoms with Crippen molar-refractivity contribution in [2.24, 2.45) is 0 Å². The van der Waals surface area contributed by atoms with E-state index < -0.39 is 31.7 Å². The fourth-order valence-corrected chi connectivity index (χ4v) is 3.71. The van der Waals surface area contributed by atoms with Crippen LogP contribution in [0.1, 0.15) is 6.92 Å². The molecule has 0 N–H and O–H groups in total. The van der Waals surface area contributed by atoms with E-state index in [9.17, 15) is 23.3 Å². The lowest BCUT2D eigenvalue weighted by molar-refractivity contribution is -0.387. The van der Waals surface area contributed by atoms with Crippen molar-refractivity contribution in [3.8, 4) is 0 Å². The van der Waals surface area contributed by atoms with Crippen molar-refractivity contribution < 1.29 is 27.6 Å². The molecule has 0 bridgehead atoms. The number of carbonyl (C=O) groups excluding carboxylic acids is 1. The molecule has 25 heavy (non-hydrogen) atoms. The Morgan fingerprint density at radius 3 is 2.72 bits per heavy atom. The normalized spacial score (nSPS) is 14.7. The van der Waals surface area contributed by atoms with E-state index in [0.29, 0.717) is 5.57 Å². The highest BCUT2D eigenvalue weighted by Gasteiger charge is 2.34. The second-order valence-corrected chi connectivity index (χ2v) is 6.87. The highest BCUT2D eigenvalue weighted by atomic mass is 32.2. The van der Waals surface area contributed by atoms with Crippen molar-refractivity contribution in [1.82, 2.24) is 4.31 Å². The molecule has 1 aromatic rings. The van der Waals surface area contributed by atoms with Crippen LogP contribution < -0.4 is 0 Å². The van der Waals surface area contributed by atoms with E-state index in [1.807, 2.05) is 0 Å². The average Bonchev–Trinajstić information content (AvgIpc) is 3.06. The number of hydrogen-bond acceptors (Lipinski definition) is 7. The van der Waals surface area contributed by atoms with Crippen LogP contribution in [0.4, 0.5) is 10.5 Å². The Labute approximate surface area is 144 Å². The van der Waals surface area contributed by atoms with Gasteiger partial charge in [0.25, 0.3) is 15.7 Å². The number of ether oxygens (including phenoxy) is 2. The third-order valence-electron chi connectivity index (χ3n) is 3.39. The SMILES string of the molecule is C=C(OC(=O)OCC)C1=CCN(S(=O)(=O)c2ccccc2[N+](=O)[O-])C1. The Kier molecular flexibility index (Phi) is 5.55. The quantitative estimate of drug-likeness (QED) is 0.327. The second kappa shape index (κ2) is 7.45. The lowest BCUT2D eigenvalue weighted by Gasteiger charge is -2.17. The first-order valence-corrected chi connectivity index (χ1v) is 8.67. The maximum atomic E-state index is 12.7. The van der Waals surface area contributed by atoms with Crippen LogP contribution in [0.15, 0.2) is 53.1 Å². The van der Waals surface area contributed by atoms with E-state index in [1.165, 1.54) is 24.3 Å². The van der Waals surface area contributed by atoms with Gasteiger partial charge in [-0.2, -0.15) is 4.31 Å². The number of sulfonamides is 1. The van der Waals surface area contributed by atoms with Gasteiger partial charge in [0.2, 0.25) is 0 Å². The Morgan fingerprint density at radius 2 is 2.08 bits per heavy atom. The van der Waals surface area contributed by atoms with Crippen LogP contribution in [0.3, 0.4) is 0 Å². The van der Waals surface area contributed by atoms with E-state index in [4.69, 9.17) is 4.74 Å². The molecule has 0 saturated carbocycles. The van der Waals surface area contributed by atoms with Crippen LogP contribution in [0.2, 0.25) is 0 Å². The Balaban J connectivity index is 2.16. The largest absolute Gasteiger partial charge is 0.513 e. The summed E-state index contributed by atoms with van der Waals surface area (Å²) in [5.41, 5.74) is -0.118. The van der Waals surface area contributed by atoms with Crippen LogP contribution in [0, 0.1) is 10.1 Å².